The van der Waals surface area contributed by atoms with Gasteiger partial charge in [0.15, 0.2) is 0 Å². The van der Waals surface area contributed by atoms with Crippen LogP contribution >= 0.6 is 15.2 Å². The van der Waals surface area contributed by atoms with Crippen LogP contribution in [0.3, 0.4) is 0 Å². The lowest BCUT2D eigenvalue weighted by atomic mass is 10.2. The van der Waals surface area contributed by atoms with Crippen molar-refractivity contribution in [3.8, 4) is 0 Å². The molecule has 1 unspecified atom stereocenters. The van der Waals surface area contributed by atoms with Crippen molar-refractivity contribution in [3.63, 3.8) is 0 Å². The quantitative estimate of drug-likeness (QED) is 0.193. The molecular formula is C11H31N3O6P2. The molecule has 0 amide bonds. The fourth-order valence-electron chi connectivity index (χ4n) is 1.60. The zero-order chi connectivity index (χ0) is 17.6. The van der Waals surface area contributed by atoms with E-state index in [-0.39, 0.29) is 6.42 Å². The van der Waals surface area contributed by atoms with Crippen LogP contribution in [-0.2, 0) is 9.13 Å². The molecule has 9 N–H and O–H groups in total. The van der Waals surface area contributed by atoms with Crippen molar-refractivity contribution in [2.45, 2.75) is 38.3 Å². The Kier molecular flexibility index (Phi) is 15.1. The minimum atomic E-state index is -4.40. The molecule has 0 aliphatic carbocycles. The molecule has 0 aromatic heterocycles. The Morgan fingerprint density at radius 3 is 1.82 bits per heavy atom. The van der Waals surface area contributed by atoms with Crippen molar-refractivity contribution in [1.29, 1.82) is 0 Å². The molecule has 0 saturated carbocycles. The largest absolute Gasteiger partial charge is 0.329 e. The van der Waals surface area contributed by atoms with Gasteiger partial charge in [0.2, 0.25) is 0 Å². The predicted molar refractivity (Wildman–Crippen MR) is 87.9 cm³/mol. The zero-order valence-corrected chi connectivity index (χ0v) is 14.9. The SMILES string of the molecule is CCCCCC(CP(=O)(O)O)P(=O)(O)O.NCCNCCN. The minimum absolute atomic E-state index is 0.156. The molecule has 1 atom stereocenters. The predicted octanol–water partition coefficient (Wildman–Crippen LogP) is -0.216. The van der Waals surface area contributed by atoms with E-state index in [2.05, 4.69) is 5.32 Å². The molecule has 0 aliphatic rings. The third-order valence-corrected chi connectivity index (χ3v) is 5.30. The van der Waals surface area contributed by atoms with Gasteiger partial charge in [0.05, 0.1) is 11.8 Å². The summed E-state index contributed by atoms with van der Waals surface area (Å²) in [6.07, 6.45) is 1.69. The minimum Gasteiger partial charge on any atom is -0.329 e. The lowest BCUT2D eigenvalue weighted by Gasteiger charge is -2.18. The smallest absolute Gasteiger partial charge is 0.329 e. The van der Waals surface area contributed by atoms with Gasteiger partial charge in [0, 0.05) is 26.2 Å². The van der Waals surface area contributed by atoms with Gasteiger partial charge in [0.1, 0.15) is 0 Å². The fraction of sp³-hybridized carbons (Fsp3) is 1.00. The van der Waals surface area contributed by atoms with E-state index in [0.717, 1.165) is 25.9 Å². The van der Waals surface area contributed by atoms with Crippen LogP contribution in [0, 0.1) is 0 Å². The van der Waals surface area contributed by atoms with Crippen molar-refractivity contribution < 1.29 is 28.7 Å². The van der Waals surface area contributed by atoms with Gasteiger partial charge in [0.25, 0.3) is 0 Å². The first-order chi connectivity index (χ1) is 10.1. The van der Waals surface area contributed by atoms with Crippen molar-refractivity contribution in [2.75, 3.05) is 32.3 Å². The first-order valence-electron chi connectivity index (χ1n) is 7.29. The first kappa shape index (κ1) is 24.4. The van der Waals surface area contributed by atoms with Crippen molar-refractivity contribution >= 4 is 15.2 Å². The number of nitrogens with one attached hydrogen (secondary N) is 1. The third kappa shape index (κ3) is 18.2. The summed E-state index contributed by atoms with van der Waals surface area (Å²) in [5, 5.41) is 3.03. The highest BCUT2D eigenvalue weighted by molar-refractivity contribution is 7.56. The Bertz CT molecular complexity index is 343. The summed E-state index contributed by atoms with van der Waals surface area (Å²) in [6.45, 7) is 5.07. The summed E-state index contributed by atoms with van der Waals surface area (Å²) in [7, 11) is -8.76. The zero-order valence-electron chi connectivity index (χ0n) is 13.1. The number of nitrogens with two attached hydrogens (primary N) is 2. The van der Waals surface area contributed by atoms with Gasteiger partial charge in [-0.25, -0.2) is 0 Å². The van der Waals surface area contributed by atoms with E-state index in [1.54, 1.807) is 0 Å². The molecule has 0 aromatic rings. The summed E-state index contributed by atoms with van der Waals surface area (Å²) in [5.41, 5.74) is 9.11. The topological polar surface area (TPSA) is 179 Å². The first-order valence-corrected chi connectivity index (χ1v) is 10.8. The van der Waals surface area contributed by atoms with Gasteiger partial charge in [-0.15, -0.1) is 0 Å². The number of rotatable bonds is 11. The molecule has 136 valence electrons. The average Bonchev–Trinajstić information content (AvgIpc) is 2.37. The Labute approximate surface area is 132 Å². The van der Waals surface area contributed by atoms with E-state index in [1.807, 2.05) is 6.92 Å². The maximum Gasteiger partial charge on any atom is 0.329 e. The van der Waals surface area contributed by atoms with Crippen molar-refractivity contribution in [3.05, 3.63) is 0 Å². The van der Waals surface area contributed by atoms with Gasteiger partial charge in [-0.05, 0) is 6.42 Å². The summed E-state index contributed by atoms with van der Waals surface area (Å²) in [4.78, 5) is 35.2. The fourth-order valence-corrected chi connectivity index (χ4v) is 4.34. The number of unbranched alkanes of at least 4 members (excludes halogenated alkanes) is 2. The van der Waals surface area contributed by atoms with Crippen LogP contribution in [0.15, 0.2) is 0 Å². The summed E-state index contributed by atoms with van der Waals surface area (Å²) in [6, 6.07) is 0. The average molecular weight is 363 g/mol. The Morgan fingerprint density at radius 2 is 1.50 bits per heavy atom. The van der Waals surface area contributed by atoms with E-state index in [1.165, 1.54) is 0 Å². The monoisotopic (exact) mass is 363 g/mol. The van der Waals surface area contributed by atoms with Crippen LogP contribution in [0.25, 0.3) is 0 Å². The molecule has 0 bridgehead atoms. The van der Waals surface area contributed by atoms with Crippen molar-refractivity contribution in [1.82, 2.24) is 5.32 Å². The molecule has 0 aliphatic heterocycles. The summed E-state index contributed by atoms with van der Waals surface area (Å²) >= 11 is 0. The second-order valence-electron chi connectivity index (χ2n) is 4.91. The lowest BCUT2D eigenvalue weighted by Crippen LogP contribution is -2.27. The standard InChI is InChI=1S/C7H18O6P2.C4H13N3/c1-2-3-4-5-7(15(11,12)13)6-14(8,9)10;5-1-3-7-4-2-6/h7H,2-6H2,1H3,(H2,8,9,10)(H2,11,12,13);7H,1-6H2. The van der Waals surface area contributed by atoms with Gasteiger partial charge in [-0.3, -0.25) is 9.13 Å². The molecule has 0 rings (SSSR count). The maximum atomic E-state index is 11.0. The van der Waals surface area contributed by atoms with E-state index < -0.39 is 27.0 Å². The van der Waals surface area contributed by atoms with E-state index >= 15 is 0 Å². The Balaban J connectivity index is 0. The van der Waals surface area contributed by atoms with Gasteiger partial charge >= 0.3 is 15.2 Å². The summed E-state index contributed by atoms with van der Waals surface area (Å²) in [5.74, 6) is 0. The van der Waals surface area contributed by atoms with Crippen LogP contribution in [-0.4, -0.2) is 57.6 Å². The molecular weight excluding hydrogens is 332 g/mol. The molecule has 0 heterocycles. The molecule has 0 spiro atoms. The molecule has 22 heavy (non-hydrogen) atoms. The van der Waals surface area contributed by atoms with E-state index in [9.17, 15) is 9.13 Å². The Hall–Kier alpha value is 0.180. The highest BCUT2D eigenvalue weighted by Gasteiger charge is 2.34. The molecule has 0 radical (unpaired) electrons. The molecule has 0 fully saturated rings. The molecule has 0 saturated heterocycles. The summed E-state index contributed by atoms with van der Waals surface area (Å²) < 4.78 is 21.6. The van der Waals surface area contributed by atoms with Crippen LogP contribution in [0.2, 0.25) is 0 Å². The number of hydrogen-bond acceptors (Lipinski definition) is 5. The highest BCUT2D eigenvalue weighted by Crippen LogP contribution is 2.50. The van der Waals surface area contributed by atoms with Crippen LogP contribution < -0.4 is 16.8 Å². The van der Waals surface area contributed by atoms with Crippen LogP contribution in [0.4, 0.5) is 0 Å². The lowest BCUT2D eigenvalue weighted by molar-refractivity contribution is 0.341. The van der Waals surface area contributed by atoms with E-state index in [4.69, 9.17) is 31.0 Å². The van der Waals surface area contributed by atoms with Gasteiger partial charge < -0.3 is 36.4 Å². The van der Waals surface area contributed by atoms with Gasteiger partial charge in [-0.1, -0.05) is 26.2 Å². The molecule has 9 nitrogen and oxygen atoms in total. The third-order valence-electron chi connectivity index (χ3n) is 2.71. The molecule has 11 heteroatoms. The second kappa shape index (κ2) is 13.6. The van der Waals surface area contributed by atoms with Crippen LogP contribution in [0.5, 0.6) is 0 Å². The van der Waals surface area contributed by atoms with Gasteiger partial charge in [-0.2, -0.15) is 0 Å². The van der Waals surface area contributed by atoms with Crippen LogP contribution in [0.1, 0.15) is 32.6 Å². The number of hydrogen-bond donors (Lipinski definition) is 7. The van der Waals surface area contributed by atoms with E-state index in [0.29, 0.717) is 19.5 Å². The van der Waals surface area contributed by atoms with Crippen molar-refractivity contribution in [2.24, 2.45) is 11.5 Å². The maximum absolute atomic E-state index is 11.0. The normalized spacial score (nSPS) is 13.4. The highest BCUT2D eigenvalue weighted by atomic mass is 31.2. The molecule has 0 aromatic carbocycles. The second-order valence-corrected chi connectivity index (χ2v) is 8.52. The Morgan fingerprint density at radius 1 is 1.00 bits per heavy atom.